The van der Waals surface area contributed by atoms with Crippen molar-refractivity contribution in [1.29, 1.82) is 0 Å². The maximum atomic E-state index is 12.3. The zero-order chi connectivity index (χ0) is 17.8. The Bertz CT molecular complexity index is 647. The van der Waals surface area contributed by atoms with Crippen molar-refractivity contribution < 1.29 is 24.2 Å². The standard InChI is InChI=1S/C17H23N3O5/c1-2-11(10-21)18-17(23)19-12-7-16(22)20(9-12)13-3-4-14-15(8-13)25-6-5-24-14/h3-4,8,11-12,21H,2,5-7,9-10H2,1H3,(H2,18,19,23)/t11-,12-/m1/s1. The summed E-state index contributed by atoms with van der Waals surface area (Å²) in [7, 11) is 0. The first-order chi connectivity index (χ1) is 12.1. The van der Waals surface area contributed by atoms with Gasteiger partial charge in [-0.25, -0.2) is 4.79 Å². The highest BCUT2D eigenvalue weighted by atomic mass is 16.6. The molecule has 1 aromatic carbocycles. The number of ether oxygens (including phenoxy) is 2. The minimum absolute atomic E-state index is 0.0591. The summed E-state index contributed by atoms with van der Waals surface area (Å²) in [6.07, 6.45) is 0.870. The lowest BCUT2D eigenvalue weighted by Gasteiger charge is -2.22. The molecule has 25 heavy (non-hydrogen) atoms. The van der Waals surface area contributed by atoms with Crippen LogP contribution in [0.3, 0.4) is 0 Å². The van der Waals surface area contributed by atoms with Crippen LogP contribution in [0.2, 0.25) is 0 Å². The Balaban J connectivity index is 1.62. The molecule has 0 aromatic heterocycles. The van der Waals surface area contributed by atoms with Gasteiger partial charge in [-0.3, -0.25) is 4.79 Å². The van der Waals surface area contributed by atoms with E-state index in [2.05, 4.69) is 10.6 Å². The number of urea groups is 1. The summed E-state index contributed by atoms with van der Waals surface area (Å²) in [5.74, 6) is 1.24. The summed E-state index contributed by atoms with van der Waals surface area (Å²) < 4.78 is 11.0. The fraction of sp³-hybridized carbons (Fsp3) is 0.529. The molecular weight excluding hydrogens is 326 g/mol. The first-order valence-electron chi connectivity index (χ1n) is 8.48. The second-order valence-corrected chi connectivity index (χ2v) is 6.14. The maximum absolute atomic E-state index is 12.3. The lowest BCUT2D eigenvalue weighted by Crippen LogP contribution is -2.48. The molecule has 3 N–H and O–H groups in total. The second kappa shape index (κ2) is 7.60. The molecule has 2 heterocycles. The molecular formula is C17H23N3O5. The van der Waals surface area contributed by atoms with Gasteiger partial charge in [-0.1, -0.05) is 6.92 Å². The Morgan fingerprint density at radius 2 is 2.12 bits per heavy atom. The molecule has 1 aromatic rings. The van der Waals surface area contributed by atoms with Crippen molar-refractivity contribution in [3.8, 4) is 11.5 Å². The number of hydrogen-bond acceptors (Lipinski definition) is 5. The Hall–Kier alpha value is -2.48. The number of carbonyl (C=O) groups excluding carboxylic acids is 2. The average molecular weight is 349 g/mol. The predicted molar refractivity (Wildman–Crippen MR) is 91.0 cm³/mol. The van der Waals surface area contributed by atoms with Crippen molar-refractivity contribution >= 4 is 17.6 Å². The smallest absolute Gasteiger partial charge is 0.315 e. The van der Waals surface area contributed by atoms with Gasteiger partial charge >= 0.3 is 6.03 Å². The van der Waals surface area contributed by atoms with E-state index in [-0.39, 0.29) is 37.0 Å². The van der Waals surface area contributed by atoms with Gasteiger partial charge in [0.2, 0.25) is 5.91 Å². The van der Waals surface area contributed by atoms with Gasteiger partial charge < -0.3 is 30.1 Å². The normalized spacial score (nSPS) is 20.3. The second-order valence-electron chi connectivity index (χ2n) is 6.14. The molecule has 1 saturated heterocycles. The van der Waals surface area contributed by atoms with Crippen LogP contribution in [0.25, 0.3) is 0 Å². The Kier molecular flexibility index (Phi) is 5.28. The highest BCUT2D eigenvalue weighted by Gasteiger charge is 2.32. The summed E-state index contributed by atoms with van der Waals surface area (Å²) in [5, 5.41) is 14.6. The van der Waals surface area contributed by atoms with E-state index < -0.39 is 0 Å². The van der Waals surface area contributed by atoms with Crippen LogP contribution in [0.4, 0.5) is 10.5 Å². The van der Waals surface area contributed by atoms with Crippen molar-refractivity contribution in [1.82, 2.24) is 10.6 Å². The molecule has 0 radical (unpaired) electrons. The number of benzene rings is 1. The van der Waals surface area contributed by atoms with Gasteiger partial charge in [0.15, 0.2) is 11.5 Å². The number of nitrogens with one attached hydrogen (secondary N) is 2. The average Bonchev–Trinajstić information content (AvgIpc) is 2.99. The molecule has 0 saturated carbocycles. The van der Waals surface area contributed by atoms with Crippen LogP contribution in [0.15, 0.2) is 18.2 Å². The van der Waals surface area contributed by atoms with Gasteiger partial charge in [0.05, 0.1) is 18.7 Å². The van der Waals surface area contributed by atoms with E-state index in [0.717, 1.165) is 5.69 Å². The van der Waals surface area contributed by atoms with Crippen molar-refractivity contribution in [2.75, 3.05) is 31.3 Å². The quantitative estimate of drug-likeness (QED) is 0.724. The Morgan fingerprint density at radius 3 is 2.84 bits per heavy atom. The molecule has 8 heteroatoms. The van der Waals surface area contributed by atoms with Gasteiger partial charge in [-0.2, -0.15) is 0 Å². The van der Waals surface area contributed by atoms with E-state index in [4.69, 9.17) is 14.6 Å². The topological polar surface area (TPSA) is 100 Å². The Morgan fingerprint density at radius 1 is 1.36 bits per heavy atom. The minimum Gasteiger partial charge on any atom is -0.486 e. The van der Waals surface area contributed by atoms with Gasteiger partial charge in [0, 0.05) is 24.7 Å². The lowest BCUT2D eigenvalue weighted by molar-refractivity contribution is -0.117. The van der Waals surface area contributed by atoms with Crippen LogP contribution in [-0.2, 0) is 4.79 Å². The number of carbonyl (C=O) groups is 2. The number of rotatable bonds is 5. The molecule has 2 aliphatic heterocycles. The monoisotopic (exact) mass is 349 g/mol. The van der Waals surface area contributed by atoms with E-state index in [1.807, 2.05) is 13.0 Å². The first-order valence-corrected chi connectivity index (χ1v) is 8.48. The van der Waals surface area contributed by atoms with E-state index in [1.165, 1.54) is 0 Å². The van der Waals surface area contributed by atoms with Gasteiger partial charge in [0.25, 0.3) is 0 Å². The van der Waals surface area contributed by atoms with Gasteiger partial charge in [0.1, 0.15) is 13.2 Å². The highest BCUT2D eigenvalue weighted by Crippen LogP contribution is 2.35. The molecule has 2 aliphatic rings. The number of aliphatic hydroxyl groups excluding tert-OH is 1. The lowest BCUT2D eigenvalue weighted by atomic mass is 10.2. The van der Waals surface area contributed by atoms with Crippen molar-refractivity contribution in [2.24, 2.45) is 0 Å². The molecule has 1 fully saturated rings. The fourth-order valence-electron chi connectivity index (χ4n) is 2.94. The van der Waals surface area contributed by atoms with Crippen LogP contribution in [-0.4, -0.2) is 55.5 Å². The Labute approximate surface area is 146 Å². The molecule has 3 amide bonds. The van der Waals surface area contributed by atoms with E-state index >= 15 is 0 Å². The number of nitrogens with zero attached hydrogens (tertiary/aromatic N) is 1. The van der Waals surface area contributed by atoms with Crippen LogP contribution < -0.4 is 25.0 Å². The SMILES string of the molecule is CC[C@H](CO)NC(=O)N[C@@H]1CC(=O)N(c2ccc3c(c2)OCCO3)C1. The third-order valence-electron chi connectivity index (χ3n) is 4.35. The number of hydrogen-bond donors (Lipinski definition) is 3. The first kappa shape index (κ1) is 17.3. The number of anilines is 1. The molecule has 0 unspecified atom stereocenters. The summed E-state index contributed by atoms with van der Waals surface area (Å²) in [4.78, 5) is 25.9. The predicted octanol–water partition coefficient (Wildman–Crippen LogP) is 0.633. The summed E-state index contributed by atoms with van der Waals surface area (Å²) >= 11 is 0. The zero-order valence-electron chi connectivity index (χ0n) is 14.2. The van der Waals surface area contributed by atoms with E-state index in [1.54, 1.807) is 17.0 Å². The number of amides is 3. The minimum atomic E-state index is -0.372. The fourth-order valence-corrected chi connectivity index (χ4v) is 2.94. The van der Waals surface area contributed by atoms with Crippen LogP contribution in [0.5, 0.6) is 11.5 Å². The van der Waals surface area contributed by atoms with Crippen LogP contribution in [0, 0.1) is 0 Å². The van der Waals surface area contributed by atoms with E-state index in [0.29, 0.717) is 37.7 Å². The number of fused-ring (bicyclic) bond motifs is 1. The maximum Gasteiger partial charge on any atom is 0.315 e. The van der Waals surface area contributed by atoms with Crippen molar-refractivity contribution in [2.45, 2.75) is 31.8 Å². The third-order valence-corrected chi connectivity index (χ3v) is 4.35. The summed E-state index contributed by atoms with van der Waals surface area (Å²) in [6, 6.07) is 4.45. The van der Waals surface area contributed by atoms with Gasteiger partial charge in [-0.15, -0.1) is 0 Å². The molecule has 0 aliphatic carbocycles. The molecule has 0 spiro atoms. The van der Waals surface area contributed by atoms with Crippen molar-refractivity contribution in [3.63, 3.8) is 0 Å². The summed E-state index contributed by atoms with van der Waals surface area (Å²) in [5.41, 5.74) is 0.723. The van der Waals surface area contributed by atoms with Gasteiger partial charge in [-0.05, 0) is 18.6 Å². The molecule has 136 valence electrons. The molecule has 3 rings (SSSR count). The largest absolute Gasteiger partial charge is 0.486 e. The molecule has 2 atom stereocenters. The zero-order valence-corrected chi connectivity index (χ0v) is 14.2. The van der Waals surface area contributed by atoms with Crippen molar-refractivity contribution in [3.05, 3.63) is 18.2 Å². The number of aliphatic hydroxyl groups is 1. The van der Waals surface area contributed by atoms with E-state index in [9.17, 15) is 9.59 Å². The molecule has 0 bridgehead atoms. The highest BCUT2D eigenvalue weighted by molar-refractivity contribution is 5.97. The molecule has 8 nitrogen and oxygen atoms in total. The van der Waals surface area contributed by atoms with Crippen LogP contribution >= 0.6 is 0 Å². The third kappa shape index (κ3) is 3.96. The van der Waals surface area contributed by atoms with Crippen LogP contribution in [0.1, 0.15) is 19.8 Å². The summed E-state index contributed by atoms with van der Waals surface area (Å²) in [6.45, 7) is 3.16.